The maximum atomic E-state index is 14.8. The Morgan fingerprint density at radius 2 is 1.26 bits per heavy atom. The number of nitrogens with zero attached hydrogens (tertiary/aromatic N) is 1. The number of primary amides is 1. The van der Waals surface area contributed by atoms with Crippen LogP contribution in [-0.4, -0.2) is 94.3 Å². The molecule has 0 unspecified atom stereocenters. The number of H-pyrrole nitrogens is 1. The number of para-hydroxylation sites is 2. The Kier molecular flexibility index (Phi) is 18.4. The molecule has 6 rings (SSSR count). The number of unbranched alkanes of at least 4 members (excludes halogenated alkanes) is 1. The van der Waals surface area contributed by atoms with Gasteiger partial charge in [0.2, 0.25) is 29.5 Å². The quantitative estimate of drug-likeness (QED) is 0.0348. The van der Waals surface area contributed by atoms with Crippen molar-refractivity contribution < 1.29 is 38.7 Å². The minimum atomic E-state index is -1.64. The average Bonchev–Trinajstić information content (AvgIpc) is 3.77. The number of amides is 7. The van der Waals surface area contributed by atoms with E-state index in [1.165, 1.54) is 7.05 Å². The highest BCUT2D eigenvalue weighted by Crippen LogP contribution is 2.28. The number of carboxylic acid groups (broad SMARTS) is 1. The third-order valence-corrected chi connectivity index (χ3v) is 12.2. The zero-order valence-corrected chi connectivity index (χ0v) is 39.2. The van der Waals surface area contributed by atoms with Crippen LogP contribution in [0.25, 0.3) is 10.9 Å². The van der Waals surface area contributed by atoms with E-state index in [4.69, 9.17) is 5.73 Å². The first-order chi connectivity index (χ1) is 33.8. The van der Waals surface area contributed by atoms with Crippen molar-refractivity contribution in [3.05, 3.63) is 174 Å². The van der Waals surface area contributed by atoms with Gasteiger partial charge in [-0.25, -0.2) is 4.79 Å². The predicted molar refractivity (Wildman–Crippen MR) is 267 cm³/mol. The summed E-state index contributed by atoms with van der Waals surface area (Å²) in [4.78, 5) is 99.4. The number of likely N-dealkylation sites (N-methyl/N-ethyl adjacent to an activating group) is 1. The molecule has 364 valence electrons. The van der Waals surface area contributed by atoms with E-state index in [0.717, 1.165) is 38.1 Å². The van der Waals surface area contributed by atoms with Gasteiger partial charge >= 0.3 is 12.0 Å². The maximum absolute atomic E-state index is 14.8. The number of carbonyl (C=O) groups is 7. The van der Waals surface area contributed by atoms with Gasteiger partial charge in [0, 0.05) is 61.6 Å². The number of hydrogen-bond donors (Lipinski definition) is 8. The summed E-state index contributed by atoms with van der Waals surface area (Å²) in [5.74, 6) is -5.49. The van der Waals surface area contributed by atoms with E-state index in [0.29, 0.717) is 17.7 Å². The van der Waals surface area contributed by atoms with E-state index in [1.807, 2.05) is 104 Å². The van der Waals surface area contributed by atoms with Crippen LogP contribution in [-0.2, 0) is 41.6 Å². The van der Waals surface area contributed by atoms with E-state index in [1.54, 1.807) is 48.7 Å². The second kappa shape index (κ2) is 25.2. The van der Waals surface area contributed by atoms with Crippen LogP contribution >= 0.6 is 0 Å². The van der Waals surface area contributed by atoms with Crippen LogP contribution in [0.1, 0.15) is 65.8 Å². The fourth-order valence-electron chi connectivity index (χ4n) is 8.36. The Balaban J connectivity index is 1.25. The lowest BCUT2D eigenvalue weighted by molar-refractivity contribution is -0.147. The second-order valence-electron chi connectivity index (χ2n) is 17.2. The Morgan fingerprint density at radius 1 is 0.657 bits per heavy atom. The van der Waals surface area contributed by atoms with Gasteiger partial charge in [-0.05, 0) is 66.1 Å². The van der Waals surface area contributed by atoms with Crippen molar-refractivity contribution in [3.63, 3.8) is 0 Å². The van der Waals surface area contributed by atoms with Gasteiger partial charge in [0.25, 0.3) is 0 Å². The topological polar surface area (TPSA) is 245 Å². The molecular weight excluding hydrogens is 889 g/mol. The van der Waals surface area contributed by atoms with Gasteiger partial charge in [0.15, 0.2) is 0 Å². The summed E-state index contributed by atoms with van der Waals surface area (Å²) in [6.07, 6.45) is 1.58. The molecule has 16 nitrogen and oxygen atoms in total. The molecule has 0 spiro atoms. The molecule has 0 aliphatic heterocycles. The van der Waals surface area contributed by atoms with Crippen LogP contribution in [0, 0.1) is 6.92 Å². The first-order valence-electron chi connectivity index (χ1n) is 23.2. The number of hydrogen-bond acceptors (Lipinski definition) is 7. The fourth-order valence-corrected chi connectivity index (χ4v) is 8.36. The molecule has 1 heterocycles. The van der Waals surface area contributed by atoms with Crippen LogP contribution in [0.3, 0.4) is 0 Å². The van der Waals surface area contributed by atoms with Gasteiger partial charge < -0.3 is 47.3 Å². The number of carboxylic acids is 1. The smallest absolute Gasteiger partial charge is 0.319 e. The maximum Gasteiger partial charge on any atom is 0.319 e. The number of rotatable bonds is 24. The molecule has 6 aromatic rings. The molecule has 0 aliphatic carbocycles. The Labute approximate surface area is 406 Å². The first-order valence-corrected chi connectivity index (χ1v) is 23.2. The lowest BCUT2D eigenvalue weighted by Crippen LogP contribution is -2.59. The van der Waals surface area contributed by atoms with Gasteiger partial charge in [-0.15, -0.1) is 0 Å². The minimum Gasteiger partial charge on any atom is -0.481 e. The van der Waals surface area contributed by atoms with Crippen molar-refractivity contribution in [3.8, 4) is 0 Å². The van der Waals surface area contributed by atoms with Crippen LogP contribution in [0.2, 0.25) is 0 Å². The average molecular weight is 949 g/mol. The molecule has 7 amide bonds. The normalized spacial score (nSPS) is 12.7. The Hall–Kier alpha value is -8.27. The molecule has 0 saturated carbocycles. The fraction of sp³-hybridized carbons (Fsp3) is 0.278. The van der Waals surface area contributed by atoms with Crippen molar-refractivity contribution in [2.45, 2.75) is 82.0 Å². The number of nitrogens with two attached hydrogens (primary N) is 1. The summed E-state index contributed by atoms with van der Waals surface area (Å²) in [6, 6.07) is 36.9. The molecule has 0 fully saturated rings. The number of anilines is 1. The highest BCUT2D eigenvalue weighted by atomic mass is 16.4. The number of urea groups is 1. The highest BCUT2D eigenvalue weighted by Gasteiger charge is 2.36. The third-order valence-electron chi connectivity index (χ3n) is 12.2. The predicted octanol–water partition coefficient (Wildman–Crippen LogP) is 5.72. The van der Waals surface area contributed by atoms with Crippen molar-refractivity contribution in [1.29, 1.82) is 0 Å². The number of fused-ring (bicyclic) bond motifs is 1. The number of aliphatic carboxylic acids is 1. The molecule has 0 saturated heterocycles. The van der Waals surface area contributed by atoms with Crippen molar-refractivity contribution in [1.82, 2.24) is 31.2 Å². The lowest BCUT2D eigenvalue weighted by Gasteiger charge is -2.32. The number of aryl methyl sites for hydroxylation is 1. The van der Waals surface area contributed by atoms with Gasteiger partial charge in [-0.2, -0.15) is 0 Å². The molecular formula is C54H60N8O8. The molecule has 9 N–H and O–H groups in total. The number of aromatic nitrogens is 1. The van der Waals surface area contributed by atoms with Crippen LogP contribution in [0.5, 0.6) is 0 Å². The second-order valence-corrected chi connectivity index (χ2v) is 17.2. The van der Waals surface area contributed by atoms with E-state index >= 15 is 0 Å². The monoisotopic (exact) mass is 948 g/mol. The molecule has 70 heavy (non-hydrogen) atoms. The van der Waals surface area contributed by atoms with Gasteiger partial charge in [0.05, 0.1) is 6.42 Å². The molecule has 0 bridgehead atoms. The van der Waals surface area contributed by atoms with Gasteiger partial charge in [-0.1, -0.05) is 127 Å². The molecule has 0 aliphatic rings. The summed E-state index contributed by atoms with van der Waals surface area (Å²) in [5.41, 5.74) is 11.2. The summed E-state index contributed by atoms with van der Waals surface area (Å²) < 4.78 is 0. The van der Waals surface area contributed by atoms with Crippen LogP contribution < -0.4 is 32.3 Å². The van der Waals surface area contributed by atoms with Crippen LogP contribution in [0.15, 0.2) is 146 Å². The zero-order valence-electron chi connectivity index (χ0n) is 39.2. The van der Waals surface area contributed by atoms with Crippen LogP contribution in [0.4, 0.5) is 10.5 Å². The number of carbonyl (C=O) groups excluding carboxylic acids is 6. The Morgan fingerprint density at radius 3 is 1.90 bits per heavy atom. The summed E-state index contributed by atoms with van der Waals surface area (Å²) in [7, 11) is 1.25. The minimum absolute atomic E-state index is 0.00677. The van der Waals surface area contributed by atoms with Gasteiger partial charge in [0.1, 0.15) is 24.2 Å². The zero-order chi connectivity index (χ0) is 50.0. The SMILES string of the molecule is Cc1ccccc1NC(=O)NCCCC[C@H](NC(=O)[C@H](Cc1c[nH]c2ccccc12)NC(=O)CC(c1ccccc1)c1ccccc1)C(=O)N(C)[C@@H](CC(=O)O)C(=O)N[C@@H](Cc1ccccc1)C(N)=O. The number of benzene rings is 5. The van der Waals surface area contributed by atoms with Crippen molar-refractivity contribution in [2.24, 2.45) is 5.73 Å². The van der Waals surface area contributed by atoms with Gasteiger partial charge in [-0.3, -0.25) is 28.8 Å². The van der Waals surface area contributed by atoms with E-state index in [-0.39, 0.29) is 44.6 Å². The first kappa shape index (κ1) is 51.1. The molecule has 5 aromatic carbocycles. The third kappa shape index (κ3) is 14.6. The number of nitrogens with one attached hydrogen (secondary N) is 6. The summed E-state index contributed by atoms with van der Waals surface area (Å²) in [5, 5.41) is 24.8. The Bertz CT molecular complexity index is 2690. The molecule has 1 aromatic heterocycles. The van der Waals surface area contributed by atoms with E-state index < -0.39 is 72.1 Å². The summed E-state index contributed by atoms with van der Waals surface area (Å²) in [6.45, 7) is 2.07. The standard InChI is InChI=1S/C54H60N8O8/c1-35-18-12-14-26-42(35)61-54(70)56-29-17-16-28-44(53(69)62(2)47(33-49(64)65)52(68)60-45(50(55)66)30-36-19-6-3-7-20-36)59-51(67)46(31-39-34-57-43-27-15-13-25-40(39)43)58-48(63)32-41(37-21-8-4-9-22-37)38-23-10-5-11-24-38/h3-15,18-27,34,41,44-47,57H,16-17,28-33H2,1-2H3,(H2,55,66)(H,58,63)(H,59,67)(H,60,68)(H,64,65)(H2,56,61,70)/t44-,45-,46-,47-/m0/s1. The van der Waals surface area contributed by atoms with E-state index in [9.17, 15) is 38.7 Å². The highest BCUT2D eigenvalue weighted by molar-refractivity contribution is 5.97. The van der Waals surface area contributed by atoms with Crippen molar-refractivity contribution >= 4 is 58.1 Å². The summed E-state index contributed by atoms with van der Waals surface area (Å²) >= 11 is 0. The van der Waals surface area contributed by atoms with Crippen molar-refractivity contribution in [2.75, 3.05) is 18.9 Å². The molecule has 4 atom stereocenters. The molecule has 16 heteroatoms. The van der Waals surface area contributed by atoms with E-state index in [2.05, 4.69) is 31.6 Å². The largest absolute Gasteiger partial charge is 0.481 e. The molecule has 0 radical (unpaired) electrons. The number of aromatic amines is 1. The lowest BCUT2D eigenvalue weighted by atomic mass is 9.88.